The number of hydrogen-bond donors (Lipinski definition) is 2. The number of rotatable bonds is 5. The van der Waals surface area contributed by atoms with E-state index < -0.39 is 5.60 Å². The molecule has 1 aromatic rings. The van der Waals surface area contributed by atoms with Gasteiger partial charge in [-0.2, -0.15) is 0 Å². The van der Waals surface area contributed by atoms with Gasteiger partial charge < -0.3 is 15.3 Å². The standard InChI is InChI=1S/C10H17N3O2S/c1-10(15,6-13(2)3)5-12-9(14)8-4-11-7-16-8/h4,7,15H,5-6H2,1-3H3,(H,12,14). The van der Waals surface area contributed by atoms with Crippen LogP contribution in [0.2, 0.25) is 0 Å². The zero-order chi connectivity index (χ0) is 12.2. The van der Waals surface area contributed by atoms with E-state index in [1.807, 2.05) is 19.0 Å². The second-order valence-corrected chi connectivity index (χ2v) is 5.17. The summed E-state index contributed by atoms with van der Waals surface area (Å²) in [7, 11) is 3.75. The van der Waals surface area contributed by atoms with Crippen molar-refractivity contribution in [2.75, 3.05) is 27.2 Å². The van der Waals surface area contributed by atoms with Crippen LogP contribution < -0.4 is 5.32 Å². The van der Waals surface area contributed by atoms with Gasteiger partial charge in [-0.05, 0) is 21.0 Å². The number of likely N-dealkylation sites (N-methyl/N-ethyl adjacent to an activating group) is 1. The Hall–Kier alpha value is -0.980. The third-order valence-electron chi connectivity index (χ3n) is 1.94. The molecule has 0 radical (unpaired) electrons. The summed E-state index contributed by atoms with van der Waals surface area (Å²) in [5.41, 5.74) is 0.677. The SMILES string of the molecule is CN(C)CC(C)(O)CNC(=O)c1cncs1. The summed E-state index contributed by atoms with van der Waals surface area (Å²) in [4.78, 5) is 17.8. The number of aromatic nitrogens is 1. The van der Waals surface area contributed by atoms with E-state index in [-0.39, 0.29) is 12.5 Å². The molecule has 1 rings (SSSR count). The minimum absolute atomic E-state index is 0.193. The summed E-state index contributed by atoms with van der Waals surface area (Å²) >= 11 is 1.28. The molecule has 0 bridgehead atoms. The van der Waals surface area contributed by atoms with Crippen molar-refractivity contribution in [1.82, 2.24) is 15.2 Å². The highest BCUT2D eigenvalue weighted by molar-refractivity contribution is 7.11. The lowest BCUT2D eigenvalue weighted by molar-refractivity contribution is 0.0326. The molecule has 0 aliphatic heterocycles. The smallest absolute Gasteiger partial charge is 0.263 e. The molecule has 2 N–H and O–H groups in total. The van der Waals surface area contributed by atoms with Gasteiger partial charge in [0.1, 0.15) is 4.88 Å². The fourth-order valence-corrected chi connectivity index (χ4v) is 1.96. The van der Waals surface area contributed by atoms with E-state index >= 15 is 0 Å². The van der Waals surface area contributed by atoms with E-state index in [0.29, 0.717) is 11.4 Å². The van der Waals surface area contributed by atoms with Crippen LogP contribution in [0.4, 0.5) is 0 Å². The van der Waals surface area contributed by atoms with Crippen molar-refractivity contribution in [3.05, 3.63) is 16.6 Å². The molecule has 1 aromatic heterocycles. The molecule has 0 saturated carbocycles. The van der Waals surface area contributed by atoms with Gasteiger partial charge in [-0.1, -0.05) is 0 Å². The Bertz CT molecular complexity index is 336. The largest absolute Gasteiger partial charge is 0.387 e. The average Bonchev–Trinajstić information content (AvgIpc) is 2.64. The predicted molar refractivity (Wildman–Crippen MR) is 63.6 cm³/mol. The molecule has 0 saturated heterocycles. The predicted octanol–water partition coefficient (Wildman–Crippen LogP) is 0.185. The summed E-state index contributed by atoms with van der Waals surface area (Å²) in [5.74, 6) is -0.193. The number of nitrogens with zero attached hydrogens (tertiary/aromatic N) is 2. The van der Waals surface area contributed by atoms with E-state index in [4.69, 9.17) is 0 Å². The molecule has 0 fully saturated rings. The quantitative estimate of drug-likeness (QED) is 0.774. The number of carbonyl (C=O) groups is 1. The minimum atomic E-state index is -0.927. The van der Waals surface area contributed by atoms with E-state index in [9.17, 15) is 9.90 Å². The van der Waals surface area contributed by atoms with Crippen molar-refractivity contribution in [1.29, 1.82) is 0 Å². The molecule has 0 aromatic carbocycles. The number of thiazole rings is 1. The Kier molecular flexibility index (Phi) is 4.40. The minimum Gasteiger partial charge on any atom is -0.387 e. The van der Waals surface area contributed by atoms with Crippen molar-refractivity contribution in [3.63, 3.8) is 0 Å². The van der Waals surface area contributed by atoms with Gasteiger partial charge in [0.2, 0.25) is 0 Å². The molecule has 90 valence electrons. The highest BCUT2D eigenvalue weighted by atomic mass is 32.1. The first kappa shape index (κ1) is 13.1. The van der Waals surface area contributed by atoms with Crippen LogP contribution in [-0.4, -0.2) is 53.7 Å². The molecule has 1 amide bonds. The van der Waals surface area contributed by atoms with E-state index in [0.717, 1.165) is 0 Å². The van der Waals surface area contributed by atoms with Crippen LogP contribution >= 0.6 is 11.3 Å². The lowest BCUT2D eigenvalue weighted by Crippen LogP contribution is -2.47. The fraction of sp³-hybridized carbons (Fsp3) is 0.600. The molecule has 0 aliphatic rings. The van der Waals surface area contributed by atoms with Crippen molar-refractivity contribution >= 4 is 17.2 Å². The number of aliphatic hydroxyl groups is 1. The number of nitrogens with one attached hydrogen (secondary N) is 1. The normalized spacial score (nSPS) is 14.8. The third-order valence-corrected chi connectivity index (χ3v) is 2.71. The lowest BCUT2D eigenvalue weighted by atomic mass is 10.1. The van der Waals surface area contributed by atoms with Gasteiger partial charge in [-0.25, -0.2) is 0 Å². The molecule has 0 aliphatic carbocycles. The van der Waals surface area contributed by atoms with Crippen molar-refractivity contribution < 1.29 is 9.90 Å². The Morgan fingerprint density at radius 1 is 1.69 bits per heavy atom. The van der Waals surface area contributed by atoms with Crippen LogP contribution in [-0.2, 0) is 0 Å². The zero-order valence-electron chi connectivity index (χ0n) is 9.73. The first-order valence-electron chi connectivity index (χ1n) is 4.94. The van der Waals surface area contributed by atoms with Gasteiger partial charge in [0.25, 0.3) is 5.91 Å². The molecule has 6 heteroatoms. The molecular formula is C10H17N3O2S. The Morgan fingerprint density at radius 2 is 2.38 bits per heavy atom. The third kappa shape index (κ3) is 4.26. The van der Waals surface area contributed by atoms with Gasteiger partial charge in [-0.3, -0.25) is 9.78 Å². The summed E-state index contributed by atoms with van der Waals surface area (Å²) in [6.45, 7) is 2.41. The molecule has 0 spiro atoms. The monoisotopic (exact) mass is 243 g/mol. The Balaban J connectivity index is 2.42. The van der Waals surface area contributed by atoms with Gasteiger partial charge in [-0.15, -0.1) is 11.3 Å². The Morgan fingerprint density at radius 3 is 2.88 bits per heavy atom. The number of amides is 1. The van der Waals surface area contributed by atoms with Crippen LogP contribution in [0.3, 0.4) is 0 Å². The highest BCUT2D eigenvalue weighted by Crippen LogP contribution is 2.07. The number of hydrogen-bond acceptors (Lipinski definition) is 5. The second kappa shape index (κ2) is 5.38. The maximum absolute atomic E-state index is 11.6. The van der Waals surface area contributed by atoms with Gasteiger partial charge in [0.05, 0.1) is 17.3 Å². The maximum Gasteiger partial charge on any atom is 0.263 e. The van der Waals surface area contributed by atoms with Gasteiger partial charge >= 0.3 is 0 Å². The van der Waals surface area contributed by atoms with Crippen molar-refractivity contribution in [3.8, 4) is 0 Å². The van der Waals surface area contributed by atoms with Crippen LogP contribution in [0, 0.1) is 0 Å². The summed E-state index contributed by atoms with van der Waals surface area (Å²) < 4.78 is 0. The first-order chi connectivity index (χ1) is 7.41. The average molecular weight is 243 g/mol. The van der Waals surface area contributed by atoms with E-state index in [2.05, 4.69) is 10.3 Å². The van der Waals surface area contributed by atoms with E-state index in [1.165, 1.54) is 17.5 Å². The van der Waals surface area contributed by atoms with Crippen LogP contribution in [0.25, 0.3) is 0 Å². The van der Waals surface area contributed by atoms with E-state index in [1.54, 1.807) is 12.4 Å². The molecule has 1 atom stereocenters. The molecular weight excluding hydrogens is 226 g/mol. The summed E-state index contributed by atoms with van der Waals surface area (Å²) in [6.07, 6.45) is 1.51. The molecule has 16 heavy (non-hydrogen) atoms. The Labute approximate surface area is 99.1 Å². The van der Waals surface area contributed by atoms with Crippen LogP contribution in [0.1, 0.15) is 16.6 Å². The first-order valence-corrected chi connectivity index (χ1v) is 5.82. The van der Waals surface area contributed by atoms with Crippen molar-refractivity contribution in [2.45, 2.75) is 12.5 Å². The molecule has 1 unspecified atom stereocenters. The van der Waals surface area contributed by atoms with Gasteiger partial charge in [0, 0.05) is 13.1 Å². The summed E-state index contributed by atoms with van der Waals surface area (Å²) in [5, 5.41) is 12.6. The number of carbonyl (C=O) groups excluding carboxylic acids is 1. The highest BCUT2D eigenvalue weighted by Gasteiger charge is 2.22. The maximum atomic E-state index is 11.6. The molecule has 1 heterocycles. The lowest BCUT2D eigenvalue weighted by Gasteiger charge is -2.26. The van der Waals surface area contributed by atoms with Gasteiger partial charge in [0.15, 0.2) is 0 Å². The zero-order valence-corrected chi connectivity index (χ0v) is 10.5. The fourth-order valence-electron chi connectivity index (χ4n) is 1.42. The summed E-state index contributed by atoms with van der Waals surface area (Å²) in [6, 6.07) is 0. The topological polar surface area (TPSA) is 65.5 Å². The second-order valence-electron chi connectivity index (χ2n) is 4.28. The van der Waals surface area contributed by atoms with Crippen molar-refractivity contribution in [2.24, 2.45) is 0 Å². The molecule has 5 nitrogen and oxygen atoms in total. The van der Waals surface area contributed by atoms with Crippen LogP contribution in [0.5, 0.6) is 0 Å². The van der Waals surface area contributed by atoms with Crippen LogP contribution in [0.15, 0.2) is 11.7 Å².